The van der Waals surface area contributed by atoms with Crippen molar-refractivity contribution in [2.24, 2.45) is 5.10 Å². The monoisotopic (exact) mass is 397 g/mol. The molecule has 0 unspecified atom stereocenters. The molecule has 5 nitrogen and oxygen atoms in total. The van der Waals surface area contributed by atoms with E-state index in [0.29, 0.717) is 11.5 Å². The quantitative estimate of drug-likeness (QED) is 0.332. The first-order valence-corrected chi connectivity index (χ1v) is 10.0. The summed E-state index contributed by atoms with van der Waals surface area (Å²) in [7, 11) is 0. The summed E-state index contributed by atoms with van der Waals surface area (Å²) in [6, 6.07) is 19.6. The minimum absolute atomic E-state index is 0.286. The van der Waals surface area contributed by atoms with Crippen LogP contribution in [0.5, 0.6) is 0 Å². The molecule has 2 heterocycles. The summed E-state index contributed by atoms with van der Waals surface area (Å²) < 4.78 is 5.00. The van der Waals surface area contributed by atoms with Crippen LogP contribution in [-0.4, -0.2) is 17.1 Å². The van der Waals surface area contributed by atoms with Gasteiger partial charge < -0.3 is 4.42 Å². The van der Waals surface area contributed by atoms with Crippen molar-refractivity contribution in [2.75, 3.05) is 0 Å². The van der Waals surface area contributed by atoms with E-state index in [2.05, 4.69) is 48.6 Å². The number of rotatable bonds is 6. The first kappa shape index (κ1) is 19.6. The number of amides is 1. The maximum atomic E-state index is 12.9. The molecule has 0 fully saturated rings. The molecule has 4 aromatic rings. The molecule has 30 heavy (non-hydrogen) atoms. The fraction of sp³-hybridized carbons (Fsp3) is 0.160. The van der Waals surface area contributed by atoms with E-state index in [4.69, 9.17) is 9.40 Å². The van der Waals surface area contributed by atoms with Gasteiger partial charge in [-0.05, 0) is 36.1 Å². The lowest BCUT2D eigenvalue weighted by Crippen LogP contribution is -2.18. The molecule has 2 aromatic heterocycles. The molecule has 5 heteroatoms. The Kier molecular flexibility index (Phi) is 5.70. The number of fused-ring (bicyclic) bond motifs is 1. The highest BCUT2D eigenvalue weighted by atomic mass is 16.3. The van der Waals surface area contributed by atoms with Crippen LogP contribution in [0.3, 0.4) is 0 Å². The van der Waals surface area contributed by atoms with E-state index in [1.807, 2.05) is 30.3 Å². The van der Waals surface area contributed by atoms with Gasteiger partial charge in [0.2, 0.25) is 0 Å². The topological polar surface area (TPSA) is 67.5 Å². The van der Waals surface area contributed by atoms with E-state index in [1.54, 1.807) is 24.8 Å². The van der Waals surface area contributed by atoms with Crippen LogP contribution in [-0.2, 0) is 0 Å². The third kappa shape index (κ3) is 4.15. The summed E-state index contributed by atoms with van der Waals surface area (Å²) in [6.07, 6.45) is 5.74. The Morgan fingerprint density at radius 1 is 1.17 bits per heavy atom. The molecule has 4 rings (SSSR count). The zero-order chi connectivity index (χ0) is 20.9. The van der Waals surface area contributed by atoms with Crippen LogP contribution < -0.4 is 5.43 Å². The number of carbonyl (C=O) groups excluding carboxylic acids is 1. The van der Waals surface area contributed by atoms with Gasteiger partial charge in [-0.2, -0.15) is 5.10 Å². The number of hydrogen-bond acceptors (Lipinski definition) is 4. The van der Waals surface area contributed by atoms with E-state index in [0.717, 1.165) is 34.1 Å². The second kappa shape index (κ2) is 8.74. The molecule has 0 bridgehead atoms. The van der Waals surface area contributed by atoms with Crippen LogP contribution in [0.4, 0.5) is 0 Å². The molecular formula is C25H23N3O2. The number of nitrogens with zero attached hydrogens (tertiary/aromatic N) is 2. The van der Waals surface area contributed by atoms with Gasteiger partial charge in [0.25, 0.3) is 5.91 Å². The third-order valence-corrected chi connectivity index (χ3v) is 5.27. The maximum Gasteiger partial charge on any atom is 0.272 e. The zero-order valence-corrected chi connectivity index (χ0v) is 17.0. The van der Waals surface area contributed by atoms with Crippen molar-refractivity contribution in [2.45, 2.75) is 26.2 Å². The Bertz CT molecular complexity index is 1180. The number of carbonyl (C=O) groups is 1. The standard InChI is InChI=1S/C25H23N3O2/c1-3-17(2)19-8-10-20(11-9-19)24-14-22(21-6-4-5-7-23(21)27-24)25(29)28-26-15-18-12-13-30-16-18/h4-17H,3H2,1-2H3,(H,28,29)/b26-15-/t17-/m1/s1. The molecule has 1 amide bonds. The first-order valence-electron chi connectivity index (χ1n) is 10.0. The zero-order valence-electron chi connectivity index (χ0n) is 17.0. The van der Waals surface area contributed by atoms with Crippen molar-refractivity contribution in [3.8, 4) is 11.3 Å². The van der Waals surface area contributed by atoms with Gasteiger partial charge in [0.1, 0.15) is 0 Å². The van der Waals surface area contributed by atoms with Crippen molar-refractivity contribution in [3.63, 3.8) is 0 Å². The Hall–Kier alpha value is -3.73. The molecule has 0 saturated carbocycles. The Balaban J connectivity index is 1.68. The number of nitrogens with one attached hydrogen (secondary N) is 1. The van der Waals surface area contributed by atoms with Crippen molar-refractivity contribution in [3.05, 3.63) is 89.9 Å². The summed E-state index contributed by atoms with van der Waals surface area (Å²) in [5, 5.41) is 4.82. The Morgan fingerprint density at radius 3 is 2.70 bits per heavy atom. The van der Waals surface area contributed by atoms with Gasteiger partial charge >= 0.3 is 0 Å². The molecule has 1 atom stereocenters. The van der Waals surface area contributed by atoms with E-state index in [9.17, 15) is 4.79 Å². The van der Waals surface area contributed by atoms with E-state index in [1.165, 1.54) is 5.56 Å². The summed E-state index contributed by atoms with van der Waals surface area (Å²) in [5.41, 5.74) is 7.71. The Morgan fingerprint density at radius 2 is 1.97 bits per heavy atom. The van der Waals surface area contributed by atoms with Crippen molar-refractivity contribution in [1.82, 2.24) is 10.4 Å². The number of pyridine rings is 1. The van der Waals surface area contributed by atoms with Crippen LogP contribution in [0.15, 0.2) is 82.7 Å². The van der Waals surface area contributed by atoms with Crippen LogP contribution >= 0.6 is 0 Å². The van der Waals surface area contributed by atoms with E-state index >= 15 is 0 Å². The molecule has 1 N–H and O–H groups in total. The summed E-state index contributed by atoms with van der Waals surface area (Å²) in [5.74, 6) is 0.226. The molecule has 150 valence electrons. The number of furan rings is 1. The van der Waals surface area contributed by atoms with Gasteiger partial charge in [-0.15, -0.1) is 0 Å². The summed E-state index contributed by atoms with van der Waals surface area (Å²) in [6.45, 7) is 4.40. The molecule has 2 aromatic carbocycles. The average Bonchev–Trinajstić information content (AvgIpc) is 3.31. The number of hydrazone groups is 1. The number of para-hydroxylation sites is 1. The Labute approximate surface area is 175 Å². The van der Waals surface area contributed by atoms with Gasteiger partial charge in [0.05, 0.1) is 35.5 Å². The lowest BCUT2D eigenvalue weighted by atomic mass is 9.96. The normalized spacial score (nSPS) is 12.3. The predicted molar refractivity (Wildman–Crippen MR) is 120 cm³/mol. The minimum atomic E-state index is -0.286. The lowest BCUT2D eigenvalue weighted by molar-refractivity contribution is 0.0956. The third-order valence-electron chi connectivity index (χ3n) is 5.27. The summed E-state index contributed by atoms with van der Waals surface area (Å²) >= 11 is 0. The van der Waals surface area contributed by atoms with Crippen LogP contribution in [0.25, 0.3) is 22.2 Å². The first-order chi connectivity index (χ1) is 14.7. The van der Waals surface area contributed by atoms with Crippen molar-refractivity contribution in [1.29, 1.82) is 0 Å². The minimum Gasteiger partial charge on any atom is -0.472 e. The molecule has 0 saturated heterocycles. The highest BCUT2D eigenvalue weighted by Crippen LogP contribution is 2.27. The highest BCUT2D eigenvalue weighted by molar-refractivity contribution is 6.07. The maximum absolute atomic E-state index is 12.9. The van der Waals surface area contributed by atoms with Gasteiger partial charge in [-0.3, -0.25) is 4.79 Å². The number of aromatic nitrogens is 1. The molecule has 0 aliphatic carbocycles. The molecule has 0 radical (unpaired) electrons. The highest BCUT2D eigenvalue weighted by Gasteiger charge is 2.14. The number of benzene rings is 2. The van der Waals surface area contributed by atoms with Gasteiger partial charge in [0, 0.05) is 16.5 Å². The van der Waals surface area contributed by atoms with Gasteiger partial charge in [-0.25, -0.2) is 10.4 Å². The lowest BCUT2D eigenvalue weighted by Gasteiger charge is -2.11. The van der Waals surface area contributed by atoms with Gasteiger partial charge in [-0.1, -0.05) is 56.3 Å². The van der Waals surface area contributed by atoms with Crippen molar-refractivity contribution < 1.29 is 9.21 Å². The van der Waals surface area contributed by atoms with Gasteiger partial charge in [0.15, 0.2) is 0 Å². The molecule has 0 aliphatic rings. The average molecular weight is 397 g/mol. The fourth-order valence-corrected chi connectivity index (χ4v) is 3.30. The predicted octanol–water partition coefficient (Wildman–Crippen LogP) is 5.77. The van der Waals surface area contributed by atoms with Crippen LogP contribution in [0.2, 0.25) is 0 Å². The second-order valence-corrected chi connectivity index (χ2v) is 7.26. The fourth-order valence-electron chi connectivity index (χ4n) is 3.30. The molecule has 0 spiro atoms. The molecule has 0 aliphatic heterocycles. The molecular weight excluding hydrogens is 374 g/mol. The number of hydrogen-bond donors (Lipinski definition) is 1. The van der Waals surface area contributed by atoms with Crippen LogP contribution in [0, 0.1) is 0 Å². The largest absolute Gasteiger partial charge is 0.472 e. The van der Waals surface area contributed by atoms with E-state index < -0.39 is 0 Å². The SMILES string of the molecule is CC[C@@H](C)c1ccc(-c2cc(C(=O)N/N=C\c3ccoc3)c3ccccc3n2)cc1. The smallest absolute Gasteiger partial charge is 0.272 e. The summed E-state index contributed by atoms with van der Waals surface area (Å²) in [4.78, 5) is 17.7. The second-order valence-electron chi connectivity index (χ2n) is 7.26. The van der Waals surface area contributed by atoms with Crippen molar-refractivity contribution >= 4 is 23.0 Å². The van der Waals surface area contributed by atoms with E-state index in [-0.39, 0.29) is 5.91 Å². The van der Waals surface area contributed by atoms with Crippen LogP contribution in [0.1, 0.15) is 47.7 Å².